The van der Waals surface area contributed by atoms with Crippen LogP contribution in [0.15, 0.2) is 29.3 Å². The average Bonchev–Trinajstić information content (AvgIpc) is 2.59. The van der Waals surface area contributed by atoms with Crippen LogP contribution >= 0.6 is 0 Å². The van der Waals surface area contributed by atoms with Crippen LogP contribution in [0, 0.1) is 5.82 Å². The quantitative estimate of drug-likeness (QED) is 0.527. The van der Waals surface area contributed by atoms with Crippen molar-refractivity contribution in [2.24, 2.45) is 4.99 Å². The van der Waals surface area contributed by atoms with Gasteiger partial charge in [-0.25, -0.2) is 12.8 Å². The zero-order valence-electron chi connectivity index (χ0n) is 16.1. The molecule has 2 rings (SSSR count). The van der Waals surface area contributed by atoms with Gasteiger partial charge in [0.15, 0.2) is 5.96 Å². The molecule has 0 bridgehead atoms. The van der Waals surface area contributed by atoms with Crippen LogP contribution in [0.25, 0.3) is 0 Å². The molecule has 1 saturated heterocycles. The number of benzene rings is 1. The fourth-order valence-corrected chi connectivity index (χ4v) is 4.52. The van der Waals surface area contributed by atoms with Crippen molar-refractivity contribution in [2.45, 2.75) is 32.5 Å². The number of hydrogen-bond donors (Lipinski definition) is 2. The number of hydrogen-bond acceptors (Lipinski definition) is 4. The largest absolute Gasteiger partial charge is 0.373 e. The fourth-order valence-electron chi connectivity index (χ4n) is 3.02. The number of rotatable bonds is 7. The molecule has 0 radical (unpaired) electrons. The first-order chi connectivity index (χ1) is 12.8. The van der Waals surface area contributed by atoms with Gasteiger partial charge < -0.3 is 15.4 Å². The lowest BCUT2D eigenvalue weighted by molar-refractivity contribution is -0.0440. The molecule has 0 amide bonds. The Bertz CT molecular complexity index is 732. The second-order valence-electron chi connectivity index (χ2n) is 6.70. The van der Waals surface area contributed by atoms with E-state index in [4.69, 9.17) is 4.74 Å². The molecule has 1 aromatic carbocycles. The molecule has 152 valence electrons. The number of sulfonamides is 1. The van der Waals surface area contributed by atoms with E-state index in [0.717, 1.165) is 5.56 Å². The molecule has 2 N–H and O–H groups in total. The van der Waals surface area contributed by atoms with Crippen LogP contribution in [0.3, 0.4) is 0 Å². The summed E-state index contributed by atoms with van der Waals surface area (Å²) < 4.78 is 45.3. The van der Waals surface area contributed by atoms with Gasteiger partial charge in [-0.15, -0.1) is 0 Å². The summed E-state index contributed by atoms with van der Waals surface area (Å²) in [5, 5.41) is 6.12. The van der Waals surface area contributed by atoms with Gasteiger partial charge in [-0.3, -0.25) is 4.99 Å². The molecule has 0 spiro atoms. The van der Waals surface area contributed by atoms with E-state index in [2.05, 4.69) is 15.6 Å². The van der Waals surface area contributed by atoms with Gasteiger partial charge >= 0.3 is 0 Å². The van der Waals surface area contributed by atoms with Crippen LogP contribution in [0.5, 0.6) is 0 Å². The molecule has 27 heavy (non-hydrogen) atoms. The van der Waals surface area contributed by atoms with Gasteiger partial charge in [0.1, 0.15) is 5.82 Å². The van der Waals surface area contributed by atoms with E-state index in [1.807, 2.05) is 19.9 Å². The molecule has 0 aliphatic carbocycles. The van der Waals surface area contributed by atoms with Crippen molar-refractivity contribution < 1.29 is 17.5 Å². The topological polar surface area (TPSA) is 83.0 Å². The van der Waals surface area contributed by atoms with E-state index in [0.29, 0.717) is 32.0 Å². The Labute approximate surface area is 161 Å². The highest BCUT2D eigenvalue weighted by Gasteiger charge is 2.30. The van der Waals surface area contributed by atoms with E-state index in [1.54, 1.807) is 13.1 Å². The second kappa shape index (κ2) is 10.0. The predicted octanol–water partition coefficient (Wildman–Crippen LogP) is 0.972. The lowest BCUT2D eigenvalue weighted by Crippen LogP contribution is -2.50. The third-order valence-electron chi connectivity index (χ3n) is 4.25. The minimum absolute atomic E-state index is 0.0168. The Morgan fingerprint density at radius 3 is 2.56 bits per heavy atom. The van der Waals surface area contributed by atoms with Crippen molar-refractivity contribution in [2.75, 3.05) is 39.0 Å². The zero-order valence-corrected chi connectivity index (χ0v) is 16.9. The van der Waals surface area contributed by atoms with Crippen molar-refractivity contribution in [3.63, 3.8) is 0 Å². The Hall–Kier alpha value is -1.71. The maximum atomic E-state index is 13.2. The molecule has 1 aromatic rings. The SMILES string of the molecule is CN=C(NCCc1cccc(F)c1)NCCS(=O)(=O)N1CC(C)OC(C)C1. The third-order valence-corrected chi connectivity index (χ3v) is 6.06. The number of morpholine rings is 1. The standard InChI is InChI=1S/C18H29FN4O3S/c1-14-12-23(13-15(2)26-14)27(24,25)10-9-22-18(20-3)21-8-7-16-5-4-6-17(19)11-16/h4-6,11,14-15H,7-10,12-13H2,1-3H3,(H2,20,21,22). The van der Waals surface area contributed by atoms with E-state index in [-0.39, 0.29) is 30.3 Å². The smallest absolute Gasteiger partial charge is 0.216 e. The van der Waals surface area contributed by atoms with Crippen molar-refractivity contribution in [3.8, 4) is 0 Å². The number of aliphatic imine (C=N–C) groups is 1. The Balaban J connectivity index is 1.75. The van der Waals surface area contributed by atoms with Crippen LogP contribution < -0.4 is 10.6 Å². The van der Waals surface area contributed by atoms with E-state index < -0.39 is 10.0 Å². The van der Waals surface area contributed by atoms with Crippen molar-refractivity contribution in [3.05, 3.63) is 35.6 Å². The summed E-state index contributed by atoms with van der Waals surface area (Å²) in [7, 11) is -1.73. The van der Waals surface area contributed by atoms with E-state index in [9.17, 15) is 12.8 Å². The van der Waals surface area contributed by atoms with Gasteiger partial charge in [0, 0.05) is 33.2 Å². The van der Waals surface area contributed by atoms with Crippen LogP contribution in [-0.2, 0) is 21.2 Å². The summed E-state index contributed by atoms with van der Waals surface area (Å²) in [6.45, 7) is 5.33. The summed E-state index contributed by atoms with van der Waals surface area (Å²) >= 11 is 0. The molecular weight excluding hydrogens is 371 g/mol. The number of guanidine groups is 1. The van der Waals surface area contributed by atoms with Gasteiger partial charge in [0.05, 0.1) is 18.0 Å². The number of nitrogens with one attached hydrogen (secondary N) is 2. The summed E-state index contributed by atoms with van der Waals surface area (Å²) in [5.41, 5.74) is 0.885. The molecule has 0 aromatic heterocycles. The van der Waals surface area contributed by atoms with Crippen LogP contribution in [0.1, 0.15) is 19.4 Å². The zero-order chi connectivity index (χ0) is 19.9. The van der Waals surface area contributed by atoms with Gasteiger partial charge in [0.2, 0.25) is 10.0 Å². The molecule has 1 heterocycles. The Morgan fingerprint density at radius 2 is 1.93 bits per heavy atom. The lowest BCUT2D eigenvalue weighted by Gasteiger charge is -2.34. The molecule has 2 atom stereocenters. The first-order valence-corrected chi connectivity index (χ1v) is 10.7. The highest BCUT2D eigenvalue weighted by Crippen LogP contribution is 2.14. The highest BCUT2D eigenvalue weighted by molar-refractivity contribution is 7.89. The van der Waals surface area contributed by atoms with Gasteiger partial charge in [-0.2, -0.15) is 4.31 Å². The maximum Gasteiger partial charge on any atom is 0.216 e. The molecule has 9 heteroatoms. The van der Waals surface area contributed by atoms with E-state index in [1.165, 1.54) is 16.4 Å². The number of halogens is 1. The lowest BCUT2D eigenvalue weighted by atomic mass is 10.1. The van der Waals surface area contributed by atoms with Crippen molar-refractivity contribution in [1.29, 1.82) is 0 Å². The highest BCUT2D eigenvalue weighted by atomic mass is 32.2. The van der Waals surface area contributed by atoms with Crippen LogP contribution in [0.4, 0.5) is 4.39 Å². The van der Waals surface area contributed by atoms with Gasteiger partial charge in [-0.05, 0) is 38.0 Å². The fraction of sp³-hybridized carbons (Fsp3) is 0.611. The first-order valence-electron chi connectivity index (χ1n) is 9.12. The van der Waals surface area contributed by atoms with Crippen molar-refractivity contribution in [1.82, 2.24) is 14.9 Å². The first kappa shape index (κ1) is 21.6. The molecule has 1 aliphatic rings. The maximum absolute atomic E-state index is 13.2. The Kier molecular flexibility index (Phi) is 8.00. The molecular formula is C18H29FN4O3S. The monoisotopic (exact) mass is 400 g/mol. The van der Waals surface area contributed by atoms with Crippen LogP contribution in [-0.4, -0.2) is 69.9 Å². The molecule has 1 aliphatic heterocycles. The normalized spacial score (nSPS) is 21.9. The van der Waals surface area contributed by atoms with Crippen LogP contribution in [0.2, 0.25) is 0 Å². The Morgan fingerprint density at radius 1 is 1.26 bits per heavy atom. The predicted molar refractivity (Wildman–Crippen MR) is 105 cm³/mol. The second-order valence-corrected chi connectivity index (χ2v) is 8.78. The number of nitrogens with zero attached hydrogens (tertiary/aromatic N) is 2. The average molecular weight is 401 g/mol. The molecule has 2 unspecified atom stereocenters. The van der Waals surface area contributed by atoms with Gasteiger partial charge in [0.25, 0.3) is 0 Å². The van der Waals surface area contributed by atoms with Crippen molar-refractivity contribution >= 4 is 16.0 Å². The minimum Gasteiger partial charge on any atom is -0.373 e. The van der Waals surface area contributed by atoms with Gasteiger partial charge in [-0.1, -0.05) is 12.1 Å². The number of ether oxygens (including phenoxy) is 1. The summed E-state index contributed by atoms with van der Waals surface area (Å²) in [5.74, 6) is 0.245. The van der Waals surface area contributed by atoms with E-state index >= 15 is 0 Å². The molecule has 7 nitrogen and oxygen atoms in total. The summed E-state index contributed by atoms with van der Waals surface area (Å²) in [4.78, 5) is 4.08. The summed E-state index contributed by atoms with van der Waals surface area (Å²) in [6, 6.07) is 6.44. The molecule has 1 fully saturated rings. The summed E-state index contributed by atoms with van der Waals surface area (Å²) in [6.07, 6.45) is 0.433. The minimum atomic E-state index is -3.35. The molecule has 0 saturated carbocycles. The third kappa shape index (κ3) is 7.08.